The number of carbonyl (C=O) groups excluding carboxylic acids is 1. The van der Waals surface area contributed by atoms with E-state index in [0.29, 0.717) is 12.5 Å². The average Bonchev–Trinajstić information content (AvgIpc) is 2.99. The van der Waals surface area contributed by atoms with Crippen LogP contribution in [0.5, 0.6) is 0 Å². The van der Waals surface area contributed by atoms with Gasteiger partial charge in [0.25, 0.3) is 0 Å². The number of ether oxygens (including phenoxy) is 1. The predicted molar refractivity (Wildman–Crippen MR) is 68.2 cm³/mol. The number of epoxide rings is 1. The first kappa shape index (κ1) is 12.6. The molecule has 2 saturated carbocycles. The van der Waals surface area contributed by atoms with Gasteiger partial charge in [0.15, 0.2) is 5.78 Å². The van der Waals surface area contributed by atoms with Gasteiger partial charge in [0, 0.05) is 11.3 Å². The molecule has 0 amide bonds. The molecule has 3 fully saturated rings. The van der Waals surface area contributed by atoms with Gasteiger partial charge in [-0.2, -0.15) is 0 Å². The molecule has 1 aliphatic heterocycles. The normalized spacial score (nSPS) is 55.1. The van der Waals surface area contributed by atoms with Crippen molar-refractivity contribution in [3.63, 3.8) is 0 Å². The summed E-state index contributed by atoms with van der Waals surface area (Å²) in [6.45, 7) is 6.79. The van der Waals surface area contributed by atoms with E-state index in [1.165, 1.54) is 0 Å². The number of ketones is 1. The zero-order valence-corrected chi connectivity index (χ0v) is 11.7. The van der Waals surface area contributed by atoms with Crippen LogP contribution in [0, 0.1) is 17.3 Å². The molecule has 3 aliphatic rings. The van der Waals surface area contributed by atoms with Crippen molar-refractivity contribution in [3.05, 3.63) is 0 Å². The summed E-state index contributed by atoms with van der Waals surface area (Å²) in [4.78, 5) is 12.6. The fourth-order valence-electron chi connectivity index (χ4n) is 4.50. The fraction of sp³-hybridized carbons (Fsp3) is 0.933. The van der Waals surface area contributed by atoms with E-state index in [4.69, 9.17) is 4.74 Å². The first-order chi connectivity index (χ1) is 8.33. The minimum atomic E-state index is -0.629. The molecular formula is C15H24O3. The fourth-order valence-corrected chi connectivity index (χ4v) is 4.50. The average molecular weight is 252 g/mol. The molecule has 1 heterocycles. The first-order valence-electron chi connectivity index (χ1n) is 7.24. The van der Waals surface area contributed by atoms with Gasteiger partial charge in [-0.25, -0.2) is 0 Å². The van der Waals surface area contributed by atoms with Crippen LogP contribution in [0.25, 0.3) is 0 Å². The number of rotatable bonds is 2. The summed E-state index contributed by atoms with van der Waals surface area (Å²) in [6.07, 6.45) is 4.67. The maximum atomic E-state index is 12.6. The number of hydrogen-bond donors (Lipinski definition) is 1. The monoisotopic (exact) mass is 252 g/mol. The summed E-state index contributed by atoms with van der Waals surface area (Å²) in [5.74, 6) is 0.620. The minimum absolute atomic E-state index is 0.0229. The van der Waals surface area contributed by atoms with E-state index >= 15 is 0 Å². The van der Waals surface area contributed by atoms with Crippen molar-refractivity contribution >= 4 is 5.78 Å². The van der Waals surface area contributed by atoms with Gasteiger partial charge in [-0.3, -0.25) is 4.79 Å². The molecule has 2 aliphatic carbocycles. The standard InChI is InChI=1S/C15H24O3/c1-10-5-4-7-15(17)8-6-11(14(10,15)3)12(16)13(2)9-18-13/h10-11,17H,4-9H2,1-3H3. The van der Waals surface area contributed by atoms with Crippen LogP contribution < -0.4 is 0 Å². The highest BCUT2D eigenvalue weighted by Crippen LogP contribution is 2.61. The molecular weight excluding hydrogens is 228 g/mol. The first-order valence-corrected chi connectivity index (χ1v) is 7.24. The van der Waals surface area contributed by atoms with Gasteiger partial charge in [-0.1, -0.05) is 20.3 Å². The Labute approximate surface area is 109 Å². The van der Waals surface area contributed by atoms with Crippen LogP contribution in [0.4, 0.5) is 0 Å². The predicted octanol–water partition coefficient (Wildman–Crippen LogP) is 2.31. The molecule has 0 aromatic carbocycles. The topological polar surface area (TPSA) is 49.8 Å². The number of hydrogen-bond acceptors (Lipinski definition) is 3. The summed E-state index contributed by atoms with van der Waals surface area (Å²) in [5.41, 5.74) is -1.43. The lowest BCUT2D eigenvalue weighted by Gasteiger charge is -2.50. The molecule has 0 aromatic rings. The molecule has 3 rings (SSSR count). The summed E-state index contributed by atoms with van der Waals surface area (Å²) in [6, 6.07) is 0. The van der Waals surface area contributed by atoms with Gasteiger partial charge in [-0.05, 0) is 38.5 Å². The third-order valence-corrected chi connectivity index (χ3v) is 6.24. The Morgan fingerprint density at radius 2 is 1.94 bits per heavy atom. The smallest absolute Gasteiger partial charge is 0.170 e. The summed E-state index contributed by atoms with van der Waals surface area (Å²) in [7, 11) is 0. The molecule has 5 atom stereocenters. The molecule has 102 valence electrons. The molecule has 3 nitrogen and oxygen atoms in total. The number of fused-ring (bicyclic) bond motifs is 1. The van der Waals surface area contributed by atoms with Gasteiger partial charge in [0.05, 0.1) is 12.2 Å². The molecule has 3 heteroatoms. The van der Waals surface area contributed by atoms with Crippen molar-refractivity contribution in [2.45, 2.75) is 64.1 Å². The van der Waals surface area contributed by atoms with Crippen molar-refractivity contribution in [1.82, 2.24) is 0 Å². The SMILES string of the molecule is CC1CCCC2(O)CCC(C(=O)C3(C)CO3)C12C. The molecule has 0 spiro atoms. The second-order valence-corrected chi connectivity index (χ2v) is 7.08. The lowest BCUT2D eigenvalue weighted by Crippen LogP contribution is -2.54. The van der Waals surface area contributed by atoms with Crippen molar-refractivity contribution in [3.8, 4) is 0 Å². The summed E-state index contributed by atoms with van der Waals surface area (Å²) >= 11 is 0. The summed E-state index contributed by atoms with van der Waals surface area (Å²) < 4.78 is 5.33. The quantitative estimate of drug-likeness (QED) is 0.767. The van der Waals surface area contributed by atoms with Crippen LogP contribution >= 0.6 is 0 Å². The molecule has 0 radical (unpaired) electrons. The van der Waals surface area contributed by atoms with E-state index in [9.17, 15) is 9.90 Å². The Balaban J connectivity index is 1.95. The molecule has 1 N–H and O–H groups in total. The van der Waals surface area contributed by atoms with Crippen LogP contribution in [-0.4, -0.2) is 28.7 Å². The summed E-state index contributed by atoms with van der Waals surface area (Å²) in [5, 5.41) is 11.0. The molecule has 0 bridgehead atoms. The molecule has 5 unspecified atom stereocenters. The van der Waals surface area contributed by atoms with Crippen LogP contribution in [0.15, 0.2) is 0 Å². The van der Waals surface area contributed by atoms with Crippen molar-refractivity contribution in [2.24, 2.45) is 17.3 Å². The number of carbonyl (C=O) groups is 1. The maximum Gasteiger partial charge on any atom is 0.170 e. The molecule has 0 aromatic heterocycles. The van der Waals surface area contributed by atoms with Crippen LogP contribution in [-0.2, 0) is 9.53 Å². The highest BCUT2D eigenvalue weighted by molar-refractivity contribution is 5.92. The Bertz CT molecular complexity index is 387. The Kier molecular flexibility index (Phi) is 2.50. The highest BCUT2D eigenvalue weighted by Gasteiger charge is 2.65. The third kappa shape index (κ3) is 1.41. The zero-order valence-electron chi connectivity index (χ0n) is 11.7. The van der Waals surface area contributed by atoms with Gasteiger partial charge in [-0.15, -0.1) is 0 Å². The number of aliphatic hydroxyl groups is 1. The van der Waals surface area contributed by atoms with E-state index < -0.39 is 11.2 Å². The van der Waals surface area contributed by atoms with Crippen LogP contribution in [0.3, 0.4) is 0 Å². The highest BCUT2D eigenvalue weighted by atomic mass is 16.6. The van der Waals surface area contributed by atoms with Gasteiger partial charge in [0.1, 0.15) is 5.60 Å². The largest absolute Gasteiger partial charge is 0.389 e. The lowest BCUT2D eigenvalue weighted by molar-refractivity contribution is -0.151. The van der Waals surface area contributed by atoms with Crippen molar-refractivity contribution in [2.75, 3.05) is 6.61 Å². The Morgan fingerprint density at radius 3 is 2.56 bits per heavy atom. The second kappa shape index (κ2) is 3.57. The van der Waals surface area contributed by atoms with E-state index in [2.05, 4.69) is 13.8 Å². The van der Waals surface area contributed by atoms with Crippen molar-refractivity contribution < 1.29 is 14.6 Å². The van der Waals surface area contributed by atoms with Gasteiger partial charge < -0.3 is 9.84 Å². The van der Waals surface area contributed by atoms with Gasteiger partial charge in [0.2, 0.25) is 0 Å². The number of Topliss-reactive ketones (excluding diaryl/α,β-unsaturated/α-hetero) is 1. The second-order valence-electron chi connectivity index (χ2n) is 7.08. The third-order valence-electron chi connectivity index (χ3n) is 6.24. The Hall–Kier alpha value is -0.410. The molecule has 1 saturated heterocycles. The lowest BCUT2D eigenvalue weighted by atomic mass is 9.56. The molecule has 18 heavy (non-hydrogen) atoms. The maximum absolute atomic E-state index is 12.6. The van der Waals surface area contributed by atoms with E-state index in [1.54, 1.807) is 0 Å². The van der Waals surface area contributed by atoms with Gasteiger partial charge >= 0.3 is 0 Å². The Morgan fingerprint density at radius 1 is 1.28 bits per heavy atom. The zero-order chi connectivity index (χ0) is 13.2. The van der Waals surface area contributed by atoms with E-state index in [-0.39, 0.29) is 17.1 Å². The van der Waals surface area contributed by atoms with Crippen molar-refractivity contribution in [1.29, 1.82) is 0 Å². The van der Waals surface area contributed by atoms with E-state index in [0.717, 1.165) is 32.1 Å². The van der Waals surface area contributed by atoms with Crippen LogP contribution in [0.1, 0.15) is 52.9 Å². The van der Waals surface area contributed by atoms with Crippen LogP contribution in [0.2, 0.25) is 0 Å². The minimum Gasteiger partial charge on any atom is -0.389 e. The van der Waals surface area contributed by atoms with E-state index in [1.807, 2.05) is 6.92 Å².